The van der Waals surface area contributed by atoms with Crippen LogP contribution in [0.5, 0.6) is 5.75 Å². The SMILES string of the molecule is CC(C)(CCl)C(=O)C(Br)Oc1ccc(-c2ccc(Cl)cc2)cc1. The van der Waals surface area contributed by atoms with Gasteiger partial charge in [0.1, 0.15) is 5.75 Å². The largest absolute Gasteiger partial charge is 0.471 e. The molecule has 2 aromatic carbocycles. The lowest BCUT2D eigenvalue weighted by molar-refractivity contribution is -0.129. The molecular weight excluding hydrogens is 399 g/mol. The van der Waals surface area contributed by atoms with Crippen molar-refractivity contribution < 1.29 is 9.53 Å². The van der Waals surface area contributed by atoms with Gasteiger partial charge < -0.3 is 4.74 Å². The van der Waals surface area contributed by atoms with E-state index in [-0.39, 0.29) is 11.7 Å². The van der Waals surface area contributed by atoms with E-state index < -0.39 is 10.4 Å². The molecule has 2 aromatic rings. The third-order valence-electron chi connectivity index (χ3n) is 3.48. The Morgan fingerprint density at radius 2 is 1.57 bits per heavy atom. The first-order valence-electron chi connectivity index (χ1n) is 7.10. The van der Waals surface area contributed by atoms with E-state index in [0.717, 1.165) is 11.1 Å². The van der Waals surface area contributed by atoms with Crippen LogP contribution in [-0.4, -0.2) is 16.7 Å². The molecule has 0 spiro atoms. The van der Waals surface area contributed by atoms with Crippen LogP contribution in [0, 0.1) is 5.41 Å². The van der Waals surface area contributed by atoms with Crippen molar-refractivity contribution in [3.63, 3.8) is 0 Å². The van der Waals surface area contributed by atoms with Crippen molar-refractivity contribution in [1.82, 2.24) is 0 Å². The third-order valence-corrected chi connectivity index (χ3v) is 5.00. The molecule has 0 N–H and O–H groups in total. The van der Waals surface area contributed by atoms with E-state index in [0.29, 0.717) is 10.8 Å². The summed E-state index contributed by atoms with van der Waals surface area (Å²) in [5, 5.41) is -0.0196. The second-order valence-corrected chi connectivity index (χ2v) is 7.38. The number of ether oxygens (including phenoxy) is 1. The zero-order chi connectivity index (χ0) is 17.0. The minimum Gasteiger partial charge on any atom is -0.471 e. The summed E-state index contributed by atoms with van der Waals surface area (Å²) < 4.78 is 5.66. The smallest absolute Gasteiger partial charge is 0.211 e. The maximum absolute atomic E-state index is 12.3. The summed E-state index contributed by atoms with van der Waals surface area (Å²) in [5.41, 5.74) is 1.47. The van der Waals surface area contributed by atoms with Gasteiger partial charge in [-0.15, -0.1) is 11.6 Å². The summed E-state index contributed by atoms with van der Waals surface area (Å²) in [7, 11) is 0. The highest BCUT2D eigenvalue weighted by Gasteiger charge is 2.33. The van der Waals surface area contributed by atoms with E-state index in [1.807, 2.05) is 48.5 Å². The normalized spacial score (nSPS) is 12.7. The summed E-state index contributed by atoms with van der Waals surface area (Å²) in [6.45, 7) is 3.59. The van der Waals surface area contributed by atoms with Gasteiger partial charge >= 0.3 is 0 Å². The van der Waals surface area contributed by atoms with Crippen LogP contribution in [0.3, 0.4) is 0 Å². The monoisotopic (exact) mass is 414 g/mol. The number of rotatable bonds is 6. The van der Waals surface area contributed by atoms with Crippen molar-refractivity contribution >= 4 is 44.9 Å². The lowest BCUT2D eigenvalue weighted by Gasteiger charge is -2.23. The molecule has 0 radical (unpaired) electrons. The van der Waals surface area contributed by atoms with Crippen molar-refractivity contribution in [1.29, 1.82) is 0 Å². The molecule has 0 saturated carbocycles. The highest BCUT2D eigenvalue weighted by atomic mass is 79.9. The number of hydrogen-bond donors (Lipinski definition) is 0. The quantitative estimate of drug-likeness (QED) is 0.545. The van der Waals surface area contributed by atoms with E-state index in [2.05, 4.69) is 15.9 Å². The minimum atomic E-state index is -0.724. The number of carbonyl (C=O) groups is 1. The molecule has 0 aliphatic carbocycles. The standard InChI is InChI=1S/C18H17BrCl2O2/c1-18(2,11-20)16(22)17(19)23-15-9-5-13(6-10-15)12-3-7-14(21)8-4-12/h3-10,17H,11H2,1-2H3. The van der Waals surface area contributed by atoms with Gasteiger partial charge in [-0.05, 0) is 51.3 Å². The molecule has 0 saturated heterocycles. The molecule has 23 heavy (non-hydrogen) atoms. The van der Waals surface area contributed by atoms with Crippen molar-refractivity contribution in [2.24, 2.45) is 5.41 Å². The fourth-order valence-electron chi connectivity index (χ4n) is 1.91. The predicted octanol–water partition coefficient (Wildman–Crippen LogP) is 5.94. The van der Waals surface area contributed by atoms with E-state index in [1.165, 1.54) is 0 Å². The van der Waals surface area contributed by atoms with Crippen LogP contribution in [0.25, 0.3) is 11.1 Å². The number of halogens is 3. The van der Waals surface area contributed by atoms with Crippen LogP contribution in [0.4, 0.5) is 0 Å². The van der Waals surface area contributed by atoms with Gasteiger partial charge in [0, 0.05) is 16.3 Å². The Kier molecular flexibility index (Phi) is 6.12. The Morgan fingerprint density at radius 3 is 2.04 bits per heavy atom. The van der Waals surface area contributed by atoms with E-state index in [9.17, 15) is 4.79 Å². The Hall–Kier alpha value is -1.03. The molecule has 5 heteroatoms. The van der Waals surface area contributed by atoms with Crippen LogP contribution in [-0.2, 0) is 4.79 Å². The number of hydrogen-bond acceptors (Lipinski definition) is 2. The van der Waals surface area contributed by atoms with Crippen LogP contribution in [0.2, 0.25) is 5.02 Å². The fraction of sp³-hybridized carbons (Fsp3) is 0.278. The summed E-state index contributed by atoms with van der Waals surface area (Å²) >= 11 is 15.0. The number of ketones is 1. The molecule has 0 heterocycles. The number of benzene rings is 2. The molecule has 2 rings (SSSR count). The van der Waals surface area contributed by atoms with Crippen molar-refractivity contribution in [3.8, 4) is 16.9 Å². The zero-order valence-electron chi connectivity index (χ0n) is 12.9. The summed E-state index contributed by atoms with van der Waals surface area (Å²) in [6.07, 6.45) is 0. The van der Waals surface area contributed by atoms with Gasteiger partial charge in [-0.1, -0.05) is 49.7 Å². The van der Waals surface area contributed by atoms with Gasteiger partial charge in [0.2, 0.25) is 5.01 Å². The van der Waals surface area contributed by atoms with Crippen molar-refractivity contribution in [2.75, 3.05) is 5.88 Å². The zero-order valence-corrected chi connectivity index (χ0v) is 16.0. The average Bonchev–Trinajstić information content (AvgIpc) is 2.55. The molecule has 0 aliphatic rings. The van der Waals surface area contributed by atoms with Gasteiger partial charge in [-0.2, -0.15) is 0 Å². The van der Waals surface area contributed by atoms with Crippen LogP contribution >= 0.6 is 39.1 Å². The first-order valence-corrected chi connectivity index (χ1v) is 8.93. The van der Waals surface area contributed by atoms with Crippen LogP contribution < -0.4 is 4.74 Å². The molecular formula is C18H17BrCl2O2. The van der Waals surface area contributed by atoms with Gasteiger partial charge in [0.05, 0.1) is 0 Å². The Morgan fingerprint density at radius 1 is 1.09 bits per heavy atom. The first kappa shape index (κ1) is 18.3. The summed E-state index contributed by atoms with van der Waals surface area (Å²) in [4.78, 5) is 12.3. The first-order chi connectivity index (χ1) is 10.8. The van der Waals surface area contributed by atoms with Gasteiger partial charge in [-0.25, -0.2) is 0 Å². The van der Waals surface area contributed by atoms with Crippen molar-refractivity contribution in [3.05, 3.63) is 53.6 Å². The van der Waals surface area contributed by atoms with E-state index in [4.69, 9.17) is 27.9 Å². The molecule has 1 atom stereocenters. The predicted molar refractivity (Wildman–Crippen MR) is 99.7 cm³/mol. The summed E-state index contributed by atoms with van der Waals surface area (Å²) in [5.74, 6) is 0.768. The minimum absolute atomic E-state index is 0.0886. The van der Waals surface area contributed by atoms with Gasteiger partial charge in [0.15, 0.2) is 5.78 Å². The van der Waals surface area contributed by atoms with Crippen LogP contribution in [0.1, 0.15) is 13.8 Å². The highest BCUT2D eigenvalue weighted by molar-refractivity contribution is 9.09. The fourth-order valence-corrected chi connectivity index (χ4v) is 3.01. The second kappa shape index (κ2) is 7.69. The molecule has 1 unspecified atom stereocenters. The number of alkyl halides is 2. The molecule has 122 valence electrons. The summed E-state index contributed by atoms with van der Waals surface area (Å²) in [6, 6.07) is 15.2. The number of carbonyl (C=O) groups excluding carboxylic acids is 1. The van der Waals surface area contributed by atoms with E-state index in [1.54, 1.807) is 13.8 Å². The van der Waals surface area contributed by atoms with Gasteiger partial charge in [0.25, 0.3) is 0 Å². The lowest BCUT2D eigenvalue weighted by Crippen LogP contribution is -2.35. The maximum Gasteiger partial charge on any atom is 0.211 e. The van der Waals surface area contributed by atoms with Crippen LogP contribution in [0.15, 0.2) is 48.5 Å². The number of Topliss-reactive ketones (excluding diaryl/α,β-unsaturated/α-hetero) is 1. The average molecular weight is 416 g/mol. The Balaban J connectivity index is 2.08. The second-order valence-electron chi connectivity index (χ2n) is 5.85. The third kappa shape index (κ3) is 4.72. The lowest BCUT2D eigenvalue weighted by atomic mass is 9.91. The molecule has 0 bridgehead atoms. The molecule has 0 aliphatic heterocycles. The maximum atomic E-state index is 12.3. The van der Waals surface area contributed by atoms with Gasteiger partial charge in [-0.3, -0.25) is 4.79 Å². The topological polar surface area (TPSA) is 26.3 Å². The Labute approximate surface area is 154 Å². The van der Waals surface area contributed by atoms with Crippen molar-refractivity contribution in [2.45, 2.75) is 18.9 Å². The molecule has 2 nitrogen and oxygen atoms in total. The van der Waals surface area contributed by atoms with E-state index >= 15 is 0 Å². The molecule has 0 amide bonds. The Bertz CT molecular complexity index is 666. The highest BCUT2D eigenvalue weighted by Crippen LogP contribution is 2.28. The molecule has 0 fully saturated rings. The molecule has 0 aromatic heterocycles.